The first-order chi connectivity index (χ1) is 63.2. The first kappa shape index (κ1) is 124. The second kappa shape index (κ2) is 102. The number of allylic oxidation sites excluding steroid dienone is 30. The van der Waals surface area contributed by atoms with Crippen molar-refractivity contribution in [3.63, 3.8) is 0 Å². The minimum atomic E-state index is -4.95. The Morgan fingerprint density at radius 3 is 0.651 bits per heavy atom. The lowest BCUT2D eigenvalue weighted by Crippen LogP contribution is -2.30. The van der Waals surface area contributed by atoms with Crippen LogP contribution in [0.4, 0.5) is 0 Å². The molecule has 0 fully saturated rings. The molecule has 0 amide bonds. The highest BCUT2D eigenvalue weighted by molar-refractivity contribution is 7.47. The van der Waals surface area contributed by atoms with Gasteiger partial charge in [-0.2, -0.15) is 0 Å². The lowest BCUT2D eigenvalue weighted by Gasteiger charge is -2.21. The molecule has 0 bridgehead atoms. The highest BCUT2D eigenvalue weighted by Crippen LogP contribution is 2.45. The van der Waals surface area contributed by atoms with Gasteiger partial charge in [0.15, 0.2) is 6.10 Å². The summed E-state index contributed by atoms with van der Waals surface area (Å²) in [6.07, 6.45) is 135. The van der Waals surface area contributed by atoms with Gasteiger partial charge in [-0.05, 0) is 161 Å². The average Bonchev–Trinajstić information content (AvgIpc) is 0.898. The van der Waals surface area contributed by atoms with E-state index >= 15 is 0 Å². The van der Waals surface area contributed by atoms with Gasteiger partial charge in [-0.25, -0.2) is 9.13 Å². The summed E-state index contributed by atoms with van der Waals surface area (Å²) in [5.41, 5.74) is 0. The molecule has 0 saturated carbocycles. The minimum Gasteiger partial charge on any atom is -0.463 e. The number of aliphatic hydroxyl groups excluding tert-OH is 2. The van der Waals surface area contributed by atoms with Crippen molar-refractivity contribution in [1.29, 1.82) is 0 Å². The molecule has 16 nitrogen and oxygen atoms in total. The maximum Gasteiger partial charge on any atom is 0.472 e. The first-order valence-corrected chi connectivity index (χ1v) is 55.1. The highest BCUT2D eigenvalue weighted by atomic mass is 31.2. The van der Waals surface area contributed by atoms with Crippen LogP contribution in [0.1, 0.15) is 445 Å². The third-order valence-corrected chi connectivity index (χ3v) is 24.0. The third-order valence-electron chi connectivity index (χ3n) is 22.1. The number of phosphoric ester groups is 2. The van der Waals surface area contributed by atoms with Crippen LogP contribution in [-0.4, -0.2) is 95.9 Å². The van der Waals surface area contributed by atoms with Gasteiger partial charge < -0.3 is 34.2 Å². The van der Waals surface area contributed by atoms with Crippen LogP contribution < -0.4 is 0 Å². The van der Waals surface area contributed by atoms with Crippen LogP contribution in [0.2, 0.25) is 0 Å². The number of hydrogen-bond donors (Lipinski definition) is 4. The molecule has 4 N–H and O–H groups in total. The number of phosphoric acid groups is 2. The molecule has 5 unspecified atom stereocenters. The Bertz CT molecular complexity index is 3080. The van der Waals surface area contributed by atoms with Gasteiger partial charge in [0.2, 0.25) is 0 Å². The van der Waals surface area contributed by atoms with E-state index < -0.39 is 91.5 Å². The summed E-state index contributed by atoms with van der Waals surface area (Å²) in [6.45, 7) is 2.48. The number of esters is 3. The SMILES string of the molecule is CC/C=C\C/C=C\C/C=C\C/C=C\C/C=C\C/C=C\CCCCCCCCC(=O)OC(COC(=O)CCCCCCCCCCCCCCCCCCC/C=C\C/C=C\C/C=C\C/C=C\CCCCC)COP(=O)(O)OCC(O)COP(=O)(O)OCC(O)COC(=O)CCCCCCCCCCCCCCCCCCCCC/C=C\C/C=C\C/C=C\C/C=C\C/C=C\CC. The Labute approximate surface area is 789 Å². The Morgan fingerprint density at radius 2 is 0.411 bits per heavy atom. The Morgan fingerprint density at radius 1 is 0.225 bits per heavy atom. The number of rotatable bonds is 98. The summed E-state index contributed by atoms with van der Waals surface area (Å²) in [4.78, 5) is 59.2. The molecule has 5 atom stereocenters. The van der Waals surface area contributed by atoms with Crippen molar-refractivity contribution >= 4 is 33.6 Å². The van der Waals surface area contributed by atoms with Crippen LogP contribution in [-0.2, 0) is 55.8 Å². The van der Waals surface area contributed by atoms with Gasteiger partial charge in [0, 0.05) is 19.3 Å². The number of unbranched alkanes of at least 4 members (excludes halogenated alkanes) is 45. The molecule has 0 aliphatic heterocycles. The van der Waals surface area contributed by atoms with E-state index in [2.05, 4.69) is 203 Å². The van der Waals surface area contributed by atoms with Crippen LogP contribution in [0.5, 0.6) is 0 Å². The summed E-state index contributed by atoms with van der Waals surface area (Å²) in [7, 11) is -9.83. The fraction of sp³-hybridized carbons (Fsp3) is 0.703. The van der Waals surface area contributed by atoms with Gasteiger partial charge in [-0.3, -0.25) is 32.5 Å². The number of aliphatic hydroxyl groups is 2. The molecular formula is C111H190O16P2. The van der Waals surface area contributed by atoms with E-state index in [-0.39, 0.29) is 19.3 Å². The number of carbonyl (C=O) groups is 3. The van der Waals surface area contributed by atoms with Gasteiger partial charge in [-0.15, -0.1) is 0 Å². The Hall–Kier alpha value is -5.35. The summed E-state index contributed by atoms with van der Waals surface area (Å²) in [6, 6.07) is 0. The van der Waals surface area contributed by atoms with Crippen molar-refractivity contribution in [3.8, 4) is 0 Å². The zero-order chi connectivity index (χ0) is 93.5. The van der Waals surface area contributed by atoms with E-state index in [0.717, 1.165) is 167 Å². The van der Waals surface area contributed by atoms with E-state index in [1.54, 1.807) is 0 Å². The second-order valence-electron chi connectivity index (χ2n) is 34.6. The molecule has 0 heterocycles. The predicted octanol–water partition coefficient (Wildman–Crippen LogP) is 33.1. The predicted molar refractivity (Wildman–Crippen MR) is 546 cm³/mol. The number of ether oxygens (including phenoxy) is 3. The van der Waals surface area contributed by atoms with Crippen LogP contribution in [0.3, 0.4) is 0 Å². The molecule has 0 rings (SSSR count). The van der Waals surface area contributed by atoms with Crippen molar-refractivity contribution in [2.24, 2.45) is 0 Å². The van der Waals surface area contributed by atoms with Crippen molar-refractivity contribution in [3.05, 3.63) is 182 Å². The minimum absolute atomic E-state index is 0.0838. The fourth-order valence-electron chi connectivity index (χ4n) is 14.3. The Kier molecular flexibility index (Phi) is 97.4. The van der Waals surface area contributed by atoms with Crippen molar-refractivity contribution in [2.75, 3.05) is 39.6 Å². The quantitative estimate of drug-likeness (QED) is 0.0146. The largest absolute Gasteiger partial charge is 0.472 e. The molecule has 0 saturated heterocycles. The van der Waals surface area contributed by atoms with E-state index in [9.17, 15) is 43.5 Å². The topological polar surface area (TPSA) is 231 Å². The molecule has 0 spiro atoms. The maximum absolute atomic E-state index is 13.1. The molecule has 0 aromatic heterocycles. The van der Waals surface area contributed by atoms with Gasteiger partial charge >= 0.3 is 33.6 Å². The van der Waals surface area contributed by atoms with E-state index in [1.807, 2.05) is 0 Å². The van der Waals surface area contributed by atoms with Crippen LogP contribution in [0.15, 0.2) is 182 Å². The summed E-state index contributed by atoms with van der Waals surface area (Å²) >= 11 is 0. The molecule has 0 aliphatic rings. The Balaban J connectivity index is 4.57. The van der Waals surface area contributed by atoms with E-state index in [1.165, 1.54) is 218 Å². The molecular weight excluding hydrogens is 1650 g/mol. The number of hydrogen-bond acceptors (Lipinski definition) is 14. The van der Waals surface area contributed by atoms with Crippen molar-refractivity contribution in [1.82, 2.24) is 0 Å². The van der Waals surface area contributed by atoms with Crippen molar-refractivity contribution in [2.45, 2.75) is 463 Å². The summed E-state index contributed by atoms with van der Waals surface area (Å²) in [5.74, 6) is -1.58. The molecule has 740 valence electrons. The molecule has 18 heteroatoms. The molecule has 0 aromatic rings. The van der Waals surface area contributed by atoms with Crippen LogP contribution >= 0.6 is 15.6 Å². The third kappa shape index (κ3) is 103. The maximum atomic E-state index is 13.1. The fourth-order valence-corrected chi connectivity index (χ4v) is 15.9. The average molecular weight is 1840 g/mol. The van der Waals surface area contributed by atoms with Gasteiger partial charge in [0.1, 0.15) is 25.4 Å². The summed E-state index contributed by atoms with van der Waals surface area (Å²) in [5, 5.41) is 20.8. The van der Waals surface area contributed by atoms with E-state index in [4.69, 9.17) is 32.3 Å². The van der Waals surface area contributed by atoms with Crippen LogP contribution in [0, 0.1) is 0 Å². The standard InChI is InChI=1S/C111H190O16P2/c1-4-7-10-13-16-19-22-25-28-31-34-37-40-43-45-47-49-51-52-54-56-57-59-62-64-67-70-73-76-79-82-85-88-91-94-97-109(114)121-100-106(112)101-123-128(117,118)124-102-107(113)103-125-129(119,120)126-105-108(127-111(116)99-96-93-90-87-84-81-78-75-72-69-66-61-42-39-36-33-30-27-24-21-18-15-12-9-6-3)104-122-110(115)98-95-92-89-86-83-80-77-74-71-68-65-63-60-58-55-53-50-48-46-44-41-38-35-32-29-26-23-20-17-14-11-8-5-2/h7,9-10,12,16-21,25-30,34-39,43-46,61,66,72,75,106-108,112-113H,4-6,8,11,13-15,22-24,31-33,40-42,47-60,62-65,67-71,73-74,76-105H2,1-3H3,(H,117,118)(H,119,120)/b10-7-,12-9-,19-16-,20-17-,21-18-,28-25-,29-26-,30-27-,37-34-,38-35-,39-36-,45-43-,46-44-,66-61-,75-72-. The molecule has 129 heavy (non-hydrogen) atoms. The number of carbonyl (C=O) groups excluding carboxylic acids is 3. The first-order valence-electron chi connectivity index (χ1n) is 52.1. The lowest BCUT2D eigenvalue weighted by molar-refractivity contribution is -0.161. The smallest absolute Gasteiger partial charge is 0.463 e. The zero-order valence-electron chi connectivity index (χ0n) is 82.0. The lowest BCUT2D eigenvalue weighted by atomic mass is 10.0. The van der Waals surface area contributed by atoms with E-state index in [0.29, 0.717) is 19.3 Å². The monoisotopic (exact) mass is 1840 g/mol. The van der Waals surface area contributed by atoms with Gasteiger partial charge in [0.25, 0.3) is 0 Å². The zero-order valence-corrected chi connectivity index (χ0v) is 83.8. The summed E-state index contributed by atoms with van der Waals surface area (Å²) < 4.78 is 61.7. The molecule has 0 aromatic carbocycles. The normalized spacial score (nSPS) is 14.4. The van der Waals surface area contributed by atoms with Crippen molar-refractivity contribution < 1.29 is 75.8 Å². The molecule has 0 aliphatic carbocycles. The second-order valence-corrected chi connectivity index (χ2v) is 37.5. The van der Waals surface area contributed by atoms with Gasteiger partial charge in [-0.1, -0.05) is 447 Å². The molecule has 0 radical (unpaired) electrons. The highest BCUT2D eigenvalue weighted by Gasteiger charge is 2.30. The van der Waals surface area contributed by atoms with Crippen LogP contribution in [0.25, 0.3) is 0 Å². The van der Waals surface area contributed by atoms with Gasteiger partial charge in [0.05, 0.1) is 26.4 Å².